The van der Waals surface area contributed by atoms with E-state index in [2.05, 4.69) is 21.2 Å². The Hall–Kier alpha value is -0.530. The Morgan fingerprint density at radius 1 is 1.25 bits per heavy atom. The highest BCUT2D eigenvalue weighted by Gasteiger charge is 2.18. The van der Waals surface area contributed by atoms with Crippen LogP contribution >= 0.6 is 30.3 Å². The van der Waals surface area contributed by atoms with E-state index in [0.717, 1.165) is 6.54 Å². The Balaban J connectivity index is 0.000000181. The molecule has 0 amide bonds. The standard InChI is InChI=1S/C6H6.C5H6INO2S/c1-2-4-6-5-3-1;6-10-7-2-1-4(3-7)5(8)9/h1-6H;1H,2-3H2,(H,8,9). The van der Waals surface area contributed by atoms with Crippen molar-refractivity contribution >= 4 is 36.3 Å². The van der Waals surface area contributed by atoms with Crippen LogP contribution in [-0.2, 0) is 4.79 Å². The molecule has 0 spiro atoms. The lowest BCUT2D eigenvalue weighted by Gasteiger charge is -2.07. The molecule has 16 heavy (non-hydrogen) atoms. The number of rotatable bonds is 2. The zero-order valence-corrected chi connectivity index (χ0v) is 11.5. The third kappa shape index (κ3) is 5.00. The second-order valence-corrected chi connectivity index (χ2v) is 4.92. The fourth-order valence-corrected chi connectivity index (χ4v) is 2.34. The van der Waals surface area contributed by atoms with Crippen molar-refractivity contribution in [2.45, 2.75) is 0 Å². The van der Waals surface area contributed by atoms with Crippen molar-refractivity contribution in [3.63, 3.8) is 0 Å². The molecule has 0 aromatic heterocycles. The van der Waals surface area contributed by atoms with Gasteiger partial charge in [-0.05, 0) is 9.12 Å². The summed E-state index contributed by atoms with van der Waals surface area (Å²) in [6.07, 6.45) is 1.74. The van der Waals surface area contributed by atoms with Gasteiger partial charge in [-0.2, -0.15) is 0 Å². The van der Waals surface area contributed by atoms with Gasteiger partial charge < -0.3 is 5.11 Å². The number of aliphatic carboxylic acids is 1. The SMILES string of the molecule is O=C(O)C1=CCN(SI)C1.c1ccccc1. The van der Waals surface area contributed by atoms with E-state index < -0.39 is 5.97 Å². The first-order valence-electron chi connectivity index (χ1n) is 4.70. The maximum Gasteiger partial charge on any atom is 0.332 e. The van der Waals surface area contributed by atoms with Crippen LogP contribution in [0.15, 0.2) is 48.0 Å². The van der Waals surface area contributed by atoms with Gasteiger partial charge in [0.05, 0.1) is 0 Å². The molecule has 86 valence electrons. The molecule has 0 aliphatic carbocycles. The van der Waals surface area contributed by atoms with Crippen LogP contribution in [0.1, 0.15) is 0 Å². The molecule has 5 heteroatoms. The van der Waals surface area contributed by atoms with Gasteiger partial charge in [0, 0.05) is 39.9 Å². The molecule has 1 heterocycles. The number of carboxylic acid groups (broad SMARTS) is 1. The molecule has 0 fully saturated rings. The fraction of sp³-hybridized carbons (Fsp3) is 0.182. The highest BCUT2D eigenvalue weighted by molar-refractivity contribution is 14.2. The number of hydrogen-bond donors (Lipinski definition) is 1. The second-order valence-electron chi connectivity index (χ2n) is 3.08. The van der Waals surface area contributed by atoms with E-state index in [9.17, 15) is 4.79 Å². The van der Waals surface area contributed by atoms with Crippen LogP contribution in [0.25, 0.3) is 0 Å². The lowest BCUT2D eigenvalue weighted by Crippen LogP contribution is -2.12. The first-order valence-corrected chi connectivity index (χ1v) is 8.01. The molecule has 0 unspecified atom stereocenters. The quantitative estimate of drug-likeness (QED) is 0.658. The lowest BCUT2D eigenvalue weighted by atomic mass is 10.3. The third-order valence-corrected chi connectivity index (χ3v) is 4.07. The predicted octanol–water partition coefficient (Wildman–Crippen LogP) is 3.00. The average molecular weight is 349 g/mol. The monoisotopic (exact) mass is 349 g/mol. The number of benzene rings is 1. The number of hydrogen-bond acceptors (Lipinski definition) is 3. The van der Waals surface area contributed by atoms with E-state index in [-0.39, 0.29) is 0 Å². The van der Waals surface area contributed by atoms with Gasteiger partial charge in [0.15, 0.2) is 0 Å². The summed E-state index contributed by atoms with van der Waals surface area (Å²) in [6.45, 7) is 1.30. The zero-order valence-electron chi connectivity index (χ0n) is 8.54. The van der Waals surface area contributed by atoms with Crippen LogP contribution in [-0.4, -0.2) is 28.5 Å². The maximum absolute atomic E-state index is 10.4. The van der Waals surface area contributed by atoms with Crippen molar-refractivity contribution in [2.24, 2.45) is 0 Å². The molecular formula is C11H12INO2S. The van der Waals surface area contributed by atoms with Crippen molar-refractivity contribution < 1.29 is 9.90 Å². The van der Waals surface area contributed by atoms with E-state index in [1.54, 1.807) is 15.2 Å². The van der Waals surface area contributed by atoms with Gasteiger partial charge in [-0.15, -0.1) is 0 Å². The van der Waals surface area contributed by atoms with Gasteiger partial charge >= 0.3 is 5.97 Å². The van der Waals surface area contributed by atoms with Gasteiger partial charge in [0.25, 0.3) is 0 Å². The molecule has 0 saturated heterocycles. The Kier molecular flexibility index (Phi) is 6.51. The van der Waals surface area contributed by atoms with Crippen molar-refractivity contribution in [1.29, 1.82) is 0 Å². The molecule has 1 aromatic carbocycles. The summed E-state index contributed by atoms with van der Waals surface area (Å²) < 4.78 is 1.98. The zero-order chi connectivity index (χ0) is 11.8. The van der Waals surface area contributed by atoms with E-state index in [4.69, 9.17) is 5.11 Å². The largest absolute Gasteiger partial charge is 0.478 e. The van der Waals surface area contributed by atoms with Crippen molar-refractivity contribution in [2.75, 3.05) is 13.1 Å². The van der Waals surface area contributed by atoms with Crippen molar-refractivity contribution in [3.05, 3.63) is 48.0 Å². The number of nitrogens with zero attached hydrogens (tertiary/aromatic N) is 1. The van der Waals surface area contributed by atoms with Gasteiger partial charge in [-0.1, -0.05) is 42.5 Å². The lowest BCUT2D eigenvalue weighted by molar-refractivity contribution is -0.132. The Labute approximate surface area is 111 Å². The fourth-order valence-electron chi connectivity index (χ4n) is 1.12. The van der Waals surface area contributed by atoms with Gasteiger partial charge in [0.1, 0.15) is 0 Å². The number of carboxylic acids is 1. The van der Waals surface area contributed by atoms with Crippen LogP contribution in [0.3, 0.4) is 0 Å². The van der Waals surface area contributed by atoms with Crippen LogP contribution in [0.4, 0.5) is 0 Å². The number of carbonyl (C=O) groups is 1. The molecule has 1 aliphatic rings. The van der Waals surface area contributed by atoms with Gasteiger partial charge in [-0.25, -0.2) is 9.10 Å². The van der Waals surface area contributed by atoms with E-state index >= 15 is 0 Å². The Bertz CT molecular complexity index is 330. The van der Waals surface area contributed by atoms with Crippen LogP contribution in [0, 0.1) is 0 Å². The van der Waals surface area contributed by atoms with Crippen LogP contribution in [0.5, 0.6) is 0 Å². The average Bonchev–Trinajstić information content (AvgIpc) is 2.81. The molecule has 1 N–H and O–H groups in total. The van der Waals surface area contributed by atoms with Crippen molar-refractivity contribution in [1.82, 2.24) is 4.31 Å². The normalized spacial score (nSPS) is 14.9. The molecular weight excluding hydrogens is 337 g/mol. The molecule has 2 rings (SSSR count). The molecule has 1 aromatic rings. The summed E-state index contributed by atoms with van der Waals surface area (Å²) in [5.41, 5.74) is 0.504. The summed E-state index contributed by atoms with van der Waals surface area (Å²) in [5, 5.41) is 8.52. The van der Waals surface area contributed by atoms with Gasteiger partial charge in [0.2, 0.25) is 0 Å². The molecule has 0 bridgehead atoms. The maximum atomic E-state index is 10.4. The Morgan fingerprint density at radius 2 is 1.75 bits per heavy atom. The molecule has 3 nitrogen and oxygen atoms in total. The molecule has 0 saturated carbocycles. The highest BCUT2D eigenvalue weighted by atomic mass is 127. The van der Waals surface area contributed by atoms with Crippen LogP contribution in [0.2, 0.25) is 0 Å². The first-order chi connectivity index (χ1) is 7.74. The summed E-state index contributed by atoms with van der Waals surface area (Å²) in [6, 6.07) is 12.0. The molecule has 0 radical (unpaired) electrons. The first kappa shape index (κ1) is 13.5. The van der Waals surface area contributed by atoms with E-state index in [1.807, 2.05) is 40.7 Å². The summed E-state index contributed by atoms with van der Waals surface area (Å²) in [4.78, 5) is 10.4. The number of halogens is 1. The van der Waals surface area contributed by atoms with Crippen LogP contribution < -0.4 is 0 Å². The van der Waals surface area contributed by atoms with Gasteiger partial charge in [-0.3, -0.25) is 0 Å². The van der Waals surface area contributed by atoms with Crippen molar-refractivity contribution in [3.8, 4) is 0 Å². The summed E-state index contributed by atoms with van der Waals surface area (Å²) in [7, 11) is 1.54. The molecule has 1 aliphatic heterocycles. The third-order valence-electron chi connectivity index (χ3n) is 1.93. The topological polar surface area (TPSA) is 40.5 Å². The minimum Gasteiger partial charge on any atom is -0.478 e. The summed E-state index contributed by atoms with van der Waals surface area (Å²) in [5.74, 6) is -0.798. The van der Waals surface area contributed by atoms with E-state index in [1.165, 1.54) is 0 Å². The predicted molar refractivity (Wildman–Crippen MR) is 75.3 cm³/mol. The second kappa shape index (κ2) is 7.70. The smallest absolute Gasteiger partial charge is 0.332 e. The highest BCUT2D eigenvalue weighted by Crippen LogP contribution is 2.23. The molecule has 0 atom stereocenters. The Morgan fingerprint density at radius 3 is 2.00 bits per heavy atom. The minimum atomic E-state index is -0.798. The summed E-state index contributed by atoms with van der Waals surface area (Å²) >= 11 is 2.14. The van der Waals surface area contributed by atoms with E-state index in [0.29, 0.717) is 12.1 Å². The minimum absolute atomic E-state index is 0.504.